The van der Waals surface area contributed by atoms with Gasteiger partial charge in [-0.15, -0.1) is 0 Å². The number of carbonyl (C=O) groups is 1. The summed E-state index contributed by atoms with van der Waals surface area (Å²) in [5, 5.41) is 87.3. The van der Waals surface area contributed by atoms with Crippen molar-refractivity contribution in [1.29, 1.82) is 0 Å². The maximum Gasteiger partial charge on any atom is 0.308 e. The molecule has 2 rings (SSSR count). The molecule has 0 saturated carbocycles. The van der Waals surface area contributed by atoms with Crippen molar-refractivity contribution >= 4 is 5.97 Å². The van der Waals surface area contributed by atoms with Crippen molar-refractivity contribution in [3.63, 3.8) is 0 Å². The average Bonchev–Trinajstić information content (AvgIpc) is 2.61. The van der Waals surface area contributed by atoms with Crippen LogP contribution < -0.4 is 0 Å². The van der Waals surface area contributed by atoms with Gasteiger partial charge in [0.2, 0.25) is 5.79 Å². The van der Waals surface area contributed by atoms with Gasteiger partial charge in [0.1, 0.15) is 55.3 Å². The Kier molecular flexibility index (Phi) is 7.10. The molecule has 2 saturated heterocycles. The summed E-state index contributed by atoms with van der Waals surface area (Å²) in [6.07, 6.45) is -16.7. The minimum atomic E-state index is -2.71. The first-order valence-electron chi connectivity index (χ1n) is 8.10. The topological polar surface area (TPSA) is 227 Å². The summed E-state index contributed by atoms with van der Waals surface area (Å²) in [4.78, 5) is 10.8. The minimum Gasteiger partial charge on any atom is -0.481 e. The molecule has 2 aliphatic rings. The number of aliphatic hydroxyl groups excluding tert-OH is 7. The Morgan fingerprint density at radius 1 is 0.926 bits per heavy atom. The van der Waals surface area contributed by atoms with Crippen LogP contribution in [0.1, 0.15) is 6.42 Å². The van der Waals surface area contributed by atoms with Crippen molar-refractivity contribution in [3.05, 3.63) is 0 Å². The molecule has 0 radical (unpaired) electrons. The lowest BCUT2D eigenvalue weighted by molar-refractivity contribution is -0.383. The molecule has 2 fully saturated rings. The van der Waals surface area contributed by atoms with Crippen LogP contribution in [0.2, 0.25) is 0 Å². The van der Waals surface area contributed by atoms with Gasteiger partial charge in [-0.2, -0.15) is 0 Å². The molecular weight excluding hydrogens is 376 g/mol. The largest absolute Gasteiger partial charge is 0.481 e. The lowest BCUT2D eigenvalue weighted by Crippen LogP contribution is -2.68. The fraction of sp³-hybridized carbons (Fsp3) is 0.929. The third-order valence-corrected chi connectivity index (χ3v) is 4.57. The third-order valence-electron chi connectivity index (χ3n) is 4.57. The molecule has 0 bridgehead atoms. The van der Waals surface area contributed by atoms with E-state index in [0.29, 0.717) is 0 Å². The van der Waals surface area contributed by atoms with Gasteiger partial charge in [0.05, 0.1) is 13.2 Å². The summed E-state index contributed by atoms with van der Waals surface area (Å²) in [6.45, 7) is -1.62. The lowest BCUT2D eigenvalue weighted by Gasteiger charge is -2.48. The van der Waals surface area contributed by atoms with Crippen molar-refractivity contribution in [2.24, 2.45) is 0 Å². The molecule has 0 aliphatic carbocycles. The third kappa shape index (κ3) is 4.38. The maximum absolute atomic E-state index is 10.8. The molecule has 0 aromatic carbocycles. The summed E-state index contributed by atoms with van der Waals surface area (Å²) in [6, 6.07) is 0. The number of aliphatic carboxylic acids is 1. The monoisotopic (exact) mass is 400 g/mol. The summed E-state index contributed by atoms with van der Waals surface area (Å²) < 4.78 is 15.4. The normalized spacial score (nSPS) is 48.4. The Balaban J connectivity index is 2.18. The zero-order valence-corrected chi connectivity index (χ0v) is 14.0. The van der Waals surface area contributed by atoms with E-state index >= 15 is 0 Å². The number of carboxylic acids is 1. The van der Waals surface area contributed by atoms with E-state index < -0.39 is 86.5 Å². The fourth-order valence-electron chi connectivity index (χ4n) is 3.07. The van der Waals surface area contributed by atoms with Crippen molar-refractivity contribution in [2.75, 3.05) is 13.2 Å². The highest BCUT2D eigenvalue weighted by molar-refractivity contribution is 5.68. The molecule has 2 heterocycles. The molecular formula is C14H24O13. The molecule has 0 spiro atoms. The van der Waals surface area contributed by atoms with Crippen LogP contribution in [-0.4, -0.2) is 126 Å². The van der Waals surface area contributed by atoms with Crippen LogP contribution in [-0.2, 0) is 19.0 Å². The van der Waals surface area contributed by atoms with Gasteiger partial charge in [0, 0.05) is 0 Å². The first-order valence-corrected chi connectivity index (χ1v) is 8.10. The van der Waals surface area contributed by atoms with Crippen molar-refractivity contribution in [2.45, 2.75) is 67.3 Å². The van der Waals surface area contributed by atoms with E-state index in [1.54, 1.807) is 0 Å². The average molecular weight is 400 g/mol. The summed E-state index contributed by atoms with van der Waals surface area (Å²) in [7, 11) is 0. The zero-order chi connectivity index (χ0) is 20.5. The molecule has 10 atom stereocenters. The number of hydrogen-bond acceptors (Lipinski definition) is 12. The van der Waals surface area contributed by atoms with Gasteiger partial charge in [-0.05, 0) is 0 Å². The second-order valence-electron chi connectivity index (χ2n) is 6.49. The Morgan fingerprint density at radius 2 is 1.52 bits per heavy atom. The van der Waals surface area contributed by atoms with E-state index in [4.69, 9.17) is 24.4 Å². The summed E-state index contributed by atoms with van der Waals surface area (Å²) in [5.74, 6) is -4.26. The molecule has 27 heavy (non-hydrogen) atoms. The lowest BCUT2D eigenvalue weighted by atomic mass is 9.90. The second kappa shape index (κ2) is 8.59. The summed E-state index contributed by atoms with van der Waals surface area (Å²) >= 11 is 0. The molecule has 13 nitrogen and oxygen atoms in total. The van der Waals surface area contributed by atoms with Crippen LogP contribution in [0.5, 0.6) is 0 Å². The van der Waals surface area contributed by atoms with Gasteiger partial charge in [-0.1, -0.05) is 0 Å². The Labute approximate surface area is 152 Å². The van der Waals surface area contributed by atoms with E-state index in [2.05, 4.69) is 0 Å². The zero-order valence-electron chi connectivity index (χ0n) is 14.0. The van der Waals surface area contributed by atoms with Gasteiger partial charge in [-0.3, -0.25) is 4.79 Å². The van der Waals surface area contributed by atoms with Crippen molar-refractivity contribution in [3.8, 4) is 0 Å². The molecule has 158 valence electrons. The quantitative estimate of drug-likeness (QED) is 0.203. The minimum absolute atomic E-state index is 0.737. The molecule has 0 aromatic heterocycles. The van der Waals surface area contributed by atoms with Crippen molar-refractivity contribution < 1.29 is 65.0 Å². The number of aliphatic hydroxyl groups is 8. The standard InChI is InChI=1S/C14H24O13/c15-2-4-7(19)8(20)9(21)13(25-4)26-11-5(3-16)27-14(24,1-6(17)18)12(23)10(11)22/h4-5,7-13,15-16,19-24H,1-3H2,(H,17,18)/t4-,5-,7+,8+,9-,10+,11-,12-,13+,14?/m1/s1. The predicted molar refractivity (Wildman–Crippen MR) is 79.8 cm³/mol. The first-order chi connectivity index (χ1) is 12.6. The van der Waals surface area contributed by atoms with E-state index in [1.165, 1.54) is 0 Å². The Morgan fingerprint density at radius 3 is 2.04 bits per heavy atom. The number of rotatable bonds is 6. The highest BCUT2D eigenvalue weighted by Crippen LogP contribution is 2.34. The van der Waals surface area contributed by atoms with Crippen LogP contribution in [0.4, 0.5) is 0 Å². The van der Waals surface area contributed by atoms with Crippen LogP contribution in [0.15, 0.2) is 0 Å². The van der Waals surface area contributed by atoms with Gasteiger partial charge >= 0.3 is 5.97 Å². The van der Waals surface area contributed by atoms with E-state index in [-0.39, 0.29) is 0 Å². The highest BCUT2D eigenvalue weighted by atomic mass is 16.7. The smallest absolute Gasteiger partial charge is 0.308 e. The highest BCUT2D eigenvalue weighted by Gasteiger charge is 2.56. The van der Waals surface area contributed by atoms with E-state index in [0.717, 1.165) is 0 Å². The molecule has 9 N–H and O–H groups in total. The summed E-state index contributed by atoms with van der Waals surface area (Å²) in [5.41, 5.74) is 0. The second-order valence-corrected chi connectivity index (χ2v) is 6.49. The van der Waals surface area contributed by atoms with Gasteiger partial charge < -0.3 is 60.2 Å². The van der Waals surface area contributed by atoms with Gasteiger partial charge in [0.15, 0.2) is 6.29 Å². The molecule has 13 heteroatoms. The molecule has 0 aromatic rings. The SMILES string of the molecule is O=C(O)CC1(O)O[C@H](CO)[C@@H](O[C@@H]2O[C@H](CO)[C@H](O)[C@H](O)[C@H]2O)[C@H](O)[C@H]1O. The van der Waals surface area contributed by atoms with E-state index in [9.17, 15) is 40.5 Å². The van der Waals surface area contributed by atoms with Crippen LogP contribution >= 0.6 is 0 Å². The first kappa shape index (κ1) is 22.3. The Hall–Kier alpha value is -0.970. The predicted octanol–water partition coefficient (Wildman–Crippen LogP) is -5.55. The van der Waals surface area contributed by atoms with Crippen molar-refractivity contribution in [1.82, 2.24) is 0 Å². The van der Waals surface area contributed by atoms with Gasteiger partial charge in [-0.25, -0.2) is 0 Å². The molecule has 1 unspecified atom stereocenters. The Bertz CT molecular complexity index is 513. The maximum atomic E-state index is 10.8. The van der Waals surface area contributed by atoms with Crippen LogP contribution in [0.25, 0.3) is 0 Å². The van der Waals surface area contributed by atoms with Crippen LogP contribution in [0, 0.1) is 0 Å². The fourth-order valence-corrected chi connectivity index (χ4v) is 3.07. The van der Waals surface area contributed by atoms with Crippen LogP contribution in [0.3, 0.4) is 0 Å². The number of carboxylic acid groups (broad SMARTS) is 1. The molecule has 0 amide bonds. The number of ether oxygens (including phenoxy) is 3. The molecule has 2 aliphatic heterocycles. The number of hydrogen-bond donors (Lipinski definition) is 9. The van der Waals surface area contributed by atoms with Gasteiger partial charge in [0.25, 0.3) is 0 Å². The van der Waals surface area contributed by atoms with E-state index in [1.807, 2.05) is 0 Å².